The Morgan fingerprint density at radius 3 is 2.79 bits per heavy atom. The zero-order valence-corrected chi connectivity index (χ0v) is 10.4. The highest BCUT2D eigenvalue weighted by Gasteiger charge is 2.06. The van der Waals surface area contributed by atoms with Gasteiger partial charge in [0.05, 0.1) is 11.6 Å². The minimum Gasteiger partial charge on any atom is -0.496 e. The zero-order valence-electron chi connectivity index (χ0n) is 8.02. The molecule has 2 N–H and O–H groups in total. The van der Waals surface area contributed by atoms with E-state index in [1.54, 1.807) is 7.11 Å². The predicted octanol–water partition coefficient (Wildman–Crippen LogP) is 3.00. The van der Waals surface area contributed by atoms with E-state index >= 15 is 0 Å². The minimum absolute atomic E-state index is 0.681. The Balaban J connectivity index is 2.90. The zero-order chi connectivity index (χ0) is 10.6. The van der Waals surface area contributed by atoms with Crippen molar-refractivity contribution >= 4 is 27.5 Å². The molecule has 2 nitrogen and oxygen atoms in total. The maximum atomic E-state index is 6.07. The molecule has 1 rings (SSSR count). The highest BCUT2D eigenvalue weighted by Crippen LogP contribution is 2.31. The molecule has 0 amide bonds. The van der Waals surface area contributed by atoms with Gasteiger partial charge in [-0.1, -0.05) is 11.6 Å². The van der Waals surface area contributed by atoms with Crippen LogP contribution in [0.5, 0.6) is 5.75 Å². The lowest BCUT2D eigenvalue weighted by atomic mass is 10.1. The average Bonchev–Trinajstić information content (AvgIpc) is 2.18. The van der Waals surface area contributed by atoms with Crippen molar-refractivity contribution in [2.45, 2.75) is 12.8 Å². The smallest absolute Gasteiger partial charge is 0.134 e. The highest BCUT2D eigenvalue weighted by molar-refractivity contribution is 9.10. The van der Waals surface area contributed by atoms with Crippen LogP contribution in [0.15, 0.2) is 16.6 Å². The number of rotatable bonds is 4. The number of hydrogen-bond donors (Lipinski definition) is 1. The summed E-state index contributed by atoms with van der Waals surface area (Å²) in [6, 6.07) is 3.80. The summed E-state index contributed by atoms with van der Waals surface area (Å²) in [6.45, 7) is 0.681. The van der Waals surface area contributed by atoms with Crippen molar-refractivity contribution < 1.29 is 4.74 Å². The van der Waals surface area contributed by atoms with Crippen LogP contribution in [0.3, 0.4) is 0 Å². The molecule has 1 aromatic carbocycles. The van der Waals surface area contributed by atoms with E-state index < -0.39 is 0 Å². The average molecular weight is 279 g/mol. The second-order valence-corrected chi connectivity index (χ2v) is 4.23. The number of hydrogen-bond acceptors (Lipinski definition) is 2. The van der Waals surface area contributed by atoms with Gasteiger partial charge in [0.2, 0.25) is 0 Å². The third-order valence-electron chi connectivity index (χ3n) is 1.97. The molecule has 0 unspecified atom stereocenters. The van der Waals surface area contributed by atoms with Gasteiger partial charge in [0.15, 0.2) is 0 Å². The topological polar surface area (TPSA) is 35.2 Å². The second kappa shape index (κ2) is 5.59. The molecular weight excluding hydrogens is 265 g/mol. The summed E-state index contributed by atoms with van der Waals surface area (Å²) in [5.74, 6) is 0.756. The summed E-state index contributed by atoms with van der Waals surface area (Å²) in [7, 11) is 1.62. The minimum atomic E-state index is 0.681. The maximum absolute atomic E-state index is 6.07. The molecule has 0 bridgehead atoms. The summed E-state index contributed by atoms with van der Waals surface area (Å²) in [5, 5.41) is 0.735. The van der Waals surface area contributed by atoms with Crippen molar-refractivity contribution in [3.8, 4) is 5.75 Å². The Hall–Kier alpha value is -0.250. The number of benzene rings is 1. The lowest BCUT2D eigenvalue weighted by Crippen LogP contribution is -2.01. The van der Waals surface area contributed by atoms with E-state index in [1.165, 1.54) is 0 Å². The molecule has 0 spiro atoms. The van der Waals surface area contributed by atoms with Crippen molar-refractivity contribution in [2.24, 2.45) is 5.73 Å². The first-order chi connectivity index (χ1) is 6.69. The van der Waals surface area contributed by atoms with Crippen LogP contribution < -0.4 is 10.5 Å². The summed E-state index contributed by atoms with van der Waals surface area (Å²) in [4.78, 5) is 0. The van der Waals surface area contributed by atoms with E-state index in [9.17, 15) is 0 Å². The van der Waals surface area contributed by atoms with E-state index in [4.69, 9.17) is 22.1 Å². The van der Waals surface area contributed by atoms with Crippen LogP contribution >= 0.6 is 27.5 Å². The molecule has 0 saturated carbocycles. The van der Waals surface area contributed by atoms with Crippen molar-refractivity contribution in [2.75, 3.05) is 13.7 Å². The van der Waals surface area contributed by atoms with Gasteiger partial charge in [0, 0.05) is 11.1 Å². The van der Waals surface area contributed by atoms with Crippen LogP contribution in [-0.2, 0) is 6.42 Å². The Morgan fingerprint density at radius 2 is 2.21 bits per heavy atom. The quantitative estimate of drug-likeness (QED) is 0.919. The number of methoxy groups -OCH3 is 1. The third-order valence-corrected chi connectivity index (χ3v) is 2.94. The van der Waals surface area contributed by atoms with E-state index in [-0.39, 0.29) is 0 Å². The second-order valence-electron chi connectivity index (χ2n) is 2.97. The summed E-state index contributed by atoms with van der Waals surface area (Å²) in [5.41, 5.74) is 6.54. The van der Waals surface area contributed by atoms with E-state index in [1.807, 2.05) is 12.1 Å². The van der Waals surface area contributed by atoms with Crippen LogP contribution in [0.1, 0.15) is 12.0 Å². The van der Waals surface area contributed by atoms with Crippen LogP contribution in [0.2, 0.25) is 5.02 Å². The molecule has 0 saturated heterocycles. The van der Waals surface area contributed by atoms with Crippen LogP contribution in [-0.4, -0.2) is 13.7 Å². The van der Waals surface area contributed by atoms with Crippen molar-refractivity contribution in [3.05, 3.63) is 27.2 Å². The normalized spacial score (nSPS) is 10.3. The molecule has 78 valence electrons. The largest absolute Gasteiger partial charge is 0.496 e. The van der Waals surface area contributed by atoms with Crippen LogP contribution in [0.4, 0.5) is 0 Å². The van der Waals surface area contributed by atoms with Gasteiger partial charge < -0.3 is 10.5 Å². The Labute approximate surface area is 97.5 Å². The summed E-state index contributed by atoms with van der Waals surface area (Å²) >= 11 is 9.49. The van der Waals surface area contributed by atoms with Gasteiger partial charge in [-0.2, -0.15) is 0 Å². The van der Waals surface area contributed by atoms with Crippen molar-refractivity contribution in [3.63, 3.8) is 0 Å². The first kappa shape index (κ1) is 11.8. The third kappa shape index (κ3) is 2.87. The Morgan fingerprint density at radius 1 is 1.50 bits per heavy atom. The maximum Gasteiger partial charge on any atom is 0.134 e. The molecule has 0 fully saturated rings. The summed E-state index contributed by atoms with van der Waals surface area (Å²) in [6.07, 6.45) is 1.84. The van der Waals surface area contributed by atoms with Crippen LogP contribution in [0, 0.1) is 0 Å². The SMILES string of the molecule is COc1cc(Cl)c(CCCN)cc1Br. The van der Waals surface area contributed by atoms with Gasteiger partial charge in [0.25, 0.3) is 0 Å². The Kier molecular flexibility index (Phi) is 4.72. The molecule has 1 aromatic rings. The number of halogens is 2. The predicted molar refractivity (Wildman–Crippen MR) is 63.1 cm³/mol. The fourth-order valence-corrected chi connectivity index (χ4v) is 2.01. The molecule has 0 heterocycles. The van der Waals surface area contributed by atoms with Gasteiger partial charge in [-0.25, -0.2) is 0 Å². The first-order valence-electron chi connectivity index (χ1n) is 4.41. The number of aryl methyl sites for hydroxylation is 1. The van der Waals surface area contributed by atoms with Crippen LogP contribution in [0.25, 0.3) is 0 Å². The first-order valence-corrected chi connectivity index (χ1v) is 5.58. The molecule has 0 aliphatic heterocycles. The van der Waals surface area contributed by atoms with Gasteiger partial charge in [-0.05, 0) is 46.9 Å². The van der Waals surface area contributed by atoms with E-state index in [0.717, 1.165) is 33.6 Å². The van der Waals surface area contributed by atoms with Crippen molar-refractivity contribution in [1.29, 1.82) is 0 Å². The fraction of sp³-hybridized carbons (Fsp3) is 0.400. The molecule has 0 aromatic heterocycles. The molecule has 14 heavy (non-hydrogen) atoms. The molecule has 0 aliphatic rings. The molecular formula is C10H13BrClNO. The summed E-state index contributed by atoms with van der Waals surface area (Å²) < 4.78 is 6.06. The van der Waals surface area contributed by atoms with Gasteiger partial charge >= 0.3 is 0 Å². The highest BCUT2D eigenvalue weighted by atomic mass is 79.9. The van der Waals surface area contributed by atoms with Gasteiger partial charge in [-0.15, -0.1) is 0 Å². The van der Waals surface area contributed by atoms with Gasteiger partial charge in [0.1, 0.15) is 5.75 Å². The standard InChI is InChI=1S/C10H13BrClNO/c1-14-10-6-9(12)7(3-2-4-13)5-8(10)11/h5-6H,2-4,13H2,1H3. The molecule has 4 heteroatoms. The van der Waals surface area contributed by atoms with E-state index in [0.29, 0.717) is 6.54 Å². The molecule has 0 atom stereocenters. The fourth-order valence-electron chi connectivity index (χ4n) is 1.21. The lowest BCUT2D eigenvalue weighted by Gasteiger charge is -2.08. The molecule has 0 aliphatic carbocycles. The van der Waals surface area contributed by atoms with E-state index in [2.05, 4.69) is 15.9 Å². The molecule has 0 radical (unpaired) electrons. The lowest BCUT2D eigenvalue weighted by molar-refractivity contribution is 0.412. The number of nitrogens with two attached hydrogens (primary N) is 1. The Bertz CT molecular complexity index is 317. The van der Waals surface area contributed by atoms with Crippen molar-refractivity contribution in [1.82, 2.24) is 0 Å². The number of ether oxygens (including phenoxy) is 1. The monoisotopic (exact) mass is 277 g/mol. The van der Waals surface area contributed by atoms with Gasteiger partial charge in [-0.3, -0.25) is 0 Å².